The lowest BCUT2D eigenvalue weighted by Gasteiger charge is -2.21. The van der Waals surface area contributed by atoms with Crippen molar-refractivity contribution in [3.63, 3.8) is 0 Å². The molecule has 0 radical (unpaired) electrons. The smallest absolute Gasteiger partial charge is 0.319 e. The van der Waals surface area contributed by atoms with E-state index in [1.54, 1.807) is 0 Å². The summed E-state index contributed by atoms with van der Waals surface area (Å²) in [4.78, 5) is 12.0. The fourth-order valence-corrected chi connectivity index (χ4v) is 3.43. The highest BCUT2D eigenvalue weighted by Gasteiger charge is 2.34. The van der Waals surface area contributed by atoms with E-state index in [4.69, 9.17) is 4.74 Å². The van der Waals surface area contributed by atoms with Gasteiger partial charge in [-0.25, -0.2) is 26.3 Å². The van der Waals surface area contributed by atoms with E-state index >= 15 is 0 Å². The van der Waals surface area contributed by atoms with Crippen molar-refractivity contribution in [3.8, 4) is 0 Å². The van der Waals surface area contributed by atoms with E-state index in [2.05, 4.69) is 10.6 Å². The van der Waals surface area contributed by atoms with E-state index in [-0.39, 0.29) is 24.7 Å². The molecule has 1 aliphatic heterocycles. The summed E-state index contributed by atoms with van der Waals surface area (Å²) >= 11 is 0. The number of halogens is 2. The Morgan fingerprint density at radius 3 is 2.67 bits per heavy atom. The minimum absolute atomic E-state index is 0.160. The van der Waals surface area contributed by atoms with Crippen molar-refractivity contribution in [2.75, 3.05) is 38.4 Å². The van der Waals surface area contributed by atoms with Crippen molar-refractivity contribution >= 4 is 21.7 Å². The Labute approximate surface area is 139 Å². The van der Waals surface area contributed by atoms with Crippen molar-refractivity contribution in [2.45, 2.75) is 6.04 Å². The van der Waals surface area contributed by atoms with Gasteiger partial charge in [0.05, 0.1) is 30.7 Å². The molecule has 24 heavy (non-hydrogen) atoms. The molecular weight excluding hydrogens is 344 g/mol. The Morgan fingerprint density at radius 1 is 1.33 bits per heavy atom. The molecule has 0 aliphatic carbocycles. The van der Waals surface area contributed by atoms with Gasteiger partial charge in [0.2, 0.25) is 10.0 Å². The Morgan fingerprint density at radius 2 is 2.04 bits per heavy atom. The first-order chi connectivity index (χ1) is 11.2. The number of ether oxygens (including phenoxy) is 1. The molecule has 1 fully saturated rings. The first-order valence-electron chi connectivity index (χ1n) is 7.19. The zero-order valence-electron chi connectivity index (χ0n) is 13.3. The SMILES string of the molecule is CN(C)S(=O)(=O)C[C@@H]1COC[C@@H]1NC(=O)Nc1ccc(F)cc1F. The maximum Gasteiger partial charge on any atom is 0.319 e. The van der Waals surface area contributed by atoms with Gasteiger partial charge in [0.1, 0.15) is 11.6 Å². The van der Waals surface area contributed by atoms with Gasteiger partial charge in [-0.1, -0.05) is 0 Å². The van der Waals surface area contributed by atoms with Crippen molar-refractivity contribution in [1.82, 2.24) is 9.62 Å². The number of nitrogens with one attached hydrogen (secondary N) is 2. The number of nitrogens with zero attached hydrogens (tertiary/aromatic N) is 1. The second-order valence-electron chi connectivity index (χ2n) is 5.69. The molecule has 2 atom stereocenters. The highest BCUT2D eigenvalue weighted by atomic mass is 32.2. The van der Waals surface area contributed by atoms with Crippen LogP contribution in [0.1, 0.15) is 0 Å². The van der Waals surface area contributed by atoms with Gasteiger partial charge in [0.15, 0.2) is 0 Å². The summed E-state index contributed by atoms with van der Waals surface area (Å²) in [5.74, 6) is -2.24. The van der Waals surface area contributed by atoms with Gasteiger partial charge < -0.3 is 15.4 Å². The number of hydrogen-bond donors (Lipinski definition) is 2. The molecule has 1 heterocycles. The van der Waals surface area contributed by atoms with Crippen LogP contribution in [-0.4, -0.2) is 57.9 Å². The maximum absolute atomic E-state index is 13.5. The molecule has 2 rings (SSSR count). The van der Waals surface area contributed by atoms with E-state index in [9.17, 15) is 22.0 Å². The second-order valence-corrected chi connectivity index (χ2v) is 7.92. The Kier molecular flexibility index (Phi) is 5.73. The maximum atomic E-state index is 13.5. The van der Waals surface area contributed by atoms with Crippen LogP contribution in [0.15, 0.2) is 18.2 Å². The second kappa shape index (κ2) is 7.41. The van der Waals surface area contributed by atoms with Gasteiger partial charge in [-0.15, -0.1) is 0 Å². The highest BCUT2D eigenvalue weighted by molar-refractivity contribution is 7.89. The molecule has 2 amide bonds. The topological polar surface area (TPSA) is 87.7 Å². The third-order valence-corrected chi connectivity index (χ3v) is 5.64. The van der Waals surface area contributed by atoms with Crippen LogP contribution in [0.3, 0.4) is 0 Å². The number of sulfonamides is 1. The number of carbonyl (C=O) groups is 1. The Balaban J connectivity index is 1.97. The first-order valence-corrected chi connectivity index (χ1v) is 8.80. The summed E-state index contributed by atoms with van der Waals surface area (Å²) in [5.41, 5.74) is -0.176. The lowest BCUT2D eigenvalue weighted by atomic mass is 10.1. The molecule has 0 bridgehead atoms. The summed E-state index contributed by atoms with van der Waals surface area (Å²) in [6, 6.07) is 1.53. The van der Waals surface area contributed by atoms with Crippen molar-refractivity contribution in [3.05, 3.63) is 29.8 Å². The predicted octanol–water partition coefficient (Wildman–Crippen LogP) is 0.993. The molecule has 1 aliphatic rings. The molecule has 134 valence electrons. The average Bonchev–Trinajstić information content (AvgIpc) is 2.88. The van der Waals surface area contributed by atoms with Crippen LogP contribution >= 0.6 is 0 Å². The third kappa shape index (κ3) is 4.62. The standard InChI is InChI=1S/C14H19F2N3O4S/c1-19(2)24(21,22)8-9-6-23-7-13(9)18-14(20)17-12-4-3-10(15)5-11(12)16/h3-5,9,13H,6-8H2,1-2H3,(H2,17,18,20)/t9-,13-/m0/s1. The molecule has 0 spiro atoms. The summed E-state index contributed by atoms with van der Waals surface area (Å²) in [7, 11) is -0.584. The van der Waals surface area contributed by atoms with Crippen LogP contribution < -0.4 is 10.6 Å². The van der Waals surface area contributed by atoms with E-state index in [0.717, 1.165) is 16.4 Å². The fourth-order valence-electron chi connectivity index (χ4n) is 2.26. The lowest BCUT2D eigenvalue weighted by molar-refractivity contribution is 0.184. The molecule has 1 aromatic rings. The quantitative estimate of drug-likeness (QED) is 0.817. The number of carbonyl (C=O) groups excluding carboxylic acids is 1. The number of hydrogen-bond acceptors (Lipinski definition) is 4. The van der Waals surface area contributed by atoms with E-state index < -0.39 is 39.6 Å². The predicted molar refractivity (Wildman–Crippen MR) is 84.1 cm³/mol. The van der Waals surface area contributed by atoms with E-state index in [1.165, 1.54) is 14.1 Å². The minimum atomic E-state index is -3.44. The van der Waals surface area contributed by atoms with Crippen molar-refractivity contribution < 1.29 is 26.7 Å². The van der Waals surface area contributed by atoms with Crippen LogP contribution in [-0.2, 0) is 14.8 Å². The van der Waals surface area contributed by atoms with Gasteiger partial charge in [-0.2, -0.15) is 0 Å². The summed E-state index contributed by atoms with van der Waals surface area (Å²) in [5, 5.41) is 4.83. The number of benzene rings is 1. The van der Waals surface area contributed by atoms with Crippen LogP contribution in [0.4, 0.5) is 19.3 Å². The molecule has 2 N–H and O–H groups in total. The van der Waals surface area contributed by atoms with Crippen LogP contribution in [0.25, 0.3) is 0 Å². The number of urea groups is 1. The molecule has 10 heteroatoms. The molecule has 1 saturated heterocycles. The summed E-state index contributed by atoms with van der Waals surface area (Å²) < 4.78 is 56.6. The van der Waals surface area contributed by atoms with Crippen molar-refractivity contribution in [2.24, 2.45) is 5.92 Å². The zero-order valence-corrected chi connectivity index (χ0v) is 14.1. The lowest BCUT2D eigenvalue weighted by Crippen LogP contribution is -2.45. The van der Waals surface area contributed by atoms with Crippen LogP contribution in [0.5, 0.6) is 0 Å². The molecule has 1 aromatic carbocycles. The number of anilines is 1. The van der Waals surface area contributed by atoms with E-state index in [1.807, 2.05) is 0 Å². The summed E-state index contributed by atoms with van der Waals surface area (Å²) in [6.07, 6.45) is 0. The van der Waals surface area contributed by atoms with Gasteiger partial charge in [0, 0.05) is 26.1 Å². The third-order valence-electron chi connectivity index (χ3n) is 3.68. The Hall–Kier alpha value is -1.78. The monoisotopic (exact) mass is 363 g/mol. The van der Waals surface area contributed by atoms with Crippen LogP contribution in [0, 0.1) is 17.6 Å². The normalized spacial score (nSPS) is 21.0. The summed E-state index contributed by atoms with van der Waals surface area (Å²) in [6.45, 7) is 0.357. The molecule has 7 nitrogen and oxygen atoms in total. The fraction of sp³-hybridized carbons (Fsp3) is 0.500. The number of rotatable bonds is 5. The zero-order chi connectivity index (χ0) is 17.9. The largest absolute Gasteiger partial charge is 0.379 e. The first kappa shape index (κ1) is 18.6. The van der Waals surface area contributed by atoms with E-state index in [0.29, 0.717) is 6.07 Å². The van der Waals surface area contributed by atoms with Gasteiger partial charge in [-0.05, 0) is 12.1 Å². The minimum Gasteiger partial charge on any atom is -0.379 e. The van der Waals surface area contributed by atoms with Gasteiger partial charge in [-0.3, -0.25) is 0 Å². The molecule has 0 saturated carbocycles. The highest BCUT2D eigenvalue weighted by Crippen LogP contribution is 2.18. The average molecular weight is 363 g/mol. The van der Waals surface area contributed by atoms with Crippen molar-refractivity contribution in [1.29, 1.82) is 0 Å². The number of amides is 2. The molecule has 0 unspecified atom stereocenters. The van der Waals surface area contributed by atoms with Gasteiger partial charge >= 0.3 is 6.03 Å². The van der Waals surface area contributed by atoms with Gasteiger partial charge in [0.25, 0.3) is 0 Å². The molecular formula is C14H19F2N3O4S. The Bertz CT molecular complexity index is 712. The van der Waals surface area contributed by atoms with Crippen LogP contribution in [0.2, 0.25) is 0 Å². The molecule has 0 aromatic heterocycles.